The van der Waals surface area contributed by atoms with Crippen molar-refractivity contribution >= 4 is 0 Å². The zero-order chi connectivity index (χ0) is 11.7. The maximum absolute atomic E-state index is 4.38. The maximum Gasteiger partial charge on any atom is 0.127 e. The summed E-state index contributed by atoms with van der Waals surface area (Å²) in [5.41, 5.74) is 3.37. The van der Waals surface area contributed by atoms with Crippen molar-refractivity contribution in [2.75, 3.05) is 6.54 Å². The highest BCUT2D eigenvalue weighted by atomic mass is 15.0. The average Bonchev–Trinajstić information content (AvgIpc) is 2.87. The van der Waals surface area contributed by atoms with E-state index >= 15 is 0 Å². The molecule has 3 heterocycles. The van der Waals surface area contributed by atoms with E-state index in [-0.39, 0.29) is 6.04 Å². The molecule has 1 aliphatic rings. The lowest BCUT2D eigenvalue weighted by Crippen LogP contribution is -2.30. The molecule has 2 aromatic rings. The molecule has 17 heavy (non-hydrogen) atoms. The summed E-state index contributed by atoms with van der Waals surface area (Å²) in [5.74, 6) is 0.881. The van der Waals surface area contributed by atoms with Gasteiger partial charge in [0.2, 0.25) is 0 Å². The Morgan fingerprint density at radius 2 is 2.12 bits per heavy atom. The number of rotatable bonds is 2. The zero-order valence-electron chi connectivity index (χ0n) is 9.77. The summed E-state index contributed by atoms with van der Waals surface area (Å²) >= 11 is 0. The smallest absolute Gasteiger partial charge is 0.127 e. The fourth-order valence-electron chi connectivity index (χ4n) is 2.19. The minimum atomic E-state index is 0.121. The maximum atomic E-state index is 4.38. The Bertz CT molecular complexity index is 502. The van der Waals surface area contributed by atoms with Gasteiger partial charge in [0.15, 0.2) is 0 Å². The molecule has 0 spiro atoms. The molecule has 2 N–H and O–H groups in total. The molecule has 2 aromatic heterocycles. The Balaban J connectivity index is 1.95. The highest BCUT2D eigenvalue weighted by Gasteiger charge is 2.23. The summed E-state index contributed by atoms with van der Waals surface area (Å²) in [6, 6.07) is 0.121. The van der Waals surface area contributed by atoms with Gasteiger partial charge in [-0.1, -0.05) is 6.92 Å². The molecule has 5 heteroatoms. The van der Waals surface area contributed by atoms with Crippen LogP contribution in [-0.4, -0.2) is 26.5 Å². The molecule has 88 valence electrons. The fourth-order valence-corrected chi connectivity index (χ4v) is 2.19. The molecule has 0 fully saturated rings. The first-order valence-corrected chi connectivity index (χ1v) is 5.95. The van der Waals surface area contributed by atoms with Crippen molar-refractivity contribution in [2.24, 2.45) is 0 Å². The number of aromatic amines is 1. The van der Waals surface area contributed by atoms with Crippen molar-refractivity contribution < 1.29 is 0 Å². The third-order valence-electron chi connectivity index (χ3n) is 3.12. The Hall–Kier alpha value is -1.75. The predicted octanol–water partition coefficient (Wildman–Crippen LogP) is 0.997. The van der Waals surface area contributed by atoms with Gasteiger partial charge in [-0.15, -0.1) is 0 Å². The van der Waals surface area contributed by atoms with Crippen LogP contribution in [0.15, 0.2) is 18.7 Å². The van der Waals surface area contributed by atoms with E-state index in [0.717, 1.165) is 36.5 Å². The molecule has 0 aromatic carbocycles. The predicted molar refractivity (Wildman–Crippen MR) is 63.5 cm³/mol. The third kappa shape index (κ3) is 1.82. The third-order valence-corrected chi connectivity index (χ3v) is 3.12. The SMILES string of the molecule is CCc1ncc([C@@H]2NCCc3[nH]cnc32)cn1. The Morgan fingerprint density at radius 1 is 1.29 bits per heavy atom. The molecule has 0 amide bonds. The van der Waals surface area contributed by atoms with Crippen LogP contribution in [0, 0.1) is 0 Å². The first kappa shape index (κ1) is 10.4. The standard InChI is InChI=1S/C12H15N5/c1-2-10-14-5-8(6-15-10)11-12-9(3-4-13-11)16-7-17-12/h5-7,11,13H,2-4H2,1H3,(H,16,17)/t11-/m0/s1. The summed E-state index contributed by atoms with van der Waals surface area (Å²) in [5, 5.41) is 3.45. The summed E-state index contributed by atoms with van der Waals surface area (Å²) in [4.78, 5) is 16.3. The van der Waals surface area contributed by atoms with Gasteiger partial charge in [-0.05, 0) is 0 Å². The van der Waals surface area contributed by atoms with Gasteiger partial charge in [0.25, 0.3) is 0 Å². The van der Waals surface area contributed by atoms with Crippen LogP contribution in [0.3, 0.4) is 0 Å². The average molecular weight is 229 g/mol. The molecular formula is C12H15N5. The van der Waals surface area contributed by atoms with Crippen LogP contribution in [0.4, 0.5) is 0 Å². The number of aryl methyl sites for hydroxylation is 1. The van der Waals surface area contributed by atoms with Gasteiger partial charge < -0.3 is 10.3 Å². The second-order valence-electron chi connectivity index (χ2n) is 4.19. The number of imidazole rings is 1. The van der Waals surface area contributed by atoms with Crippen LogP contribution in [0.5, 0.6) is 0 Å². The van der Waals surface area contributed by atoms with Gasteiger partial charge in [-0.2, -0.15) is 0 Å². The van der Waals surface area contributed by atoms with Gasteiger partial charge in [-0.3, -0.25) is 0 Å². The van der Waals surface area contributed by atoms with Crippen molar-refractivity contribution in [2.45, 2.75) is 25.8 Å². The van der Waals surface area contributed by atoms with Crippen LogP contribution >= 0.6 is 0 Å². The largest absolute Gasteiger partial charge is 0.348 e. The molecule has 1 atom stereocenters. The lowest BCUT2D eigenvalue weighted by molar-refractivity contribution is 0.550. The molecule has 5 nitrogen and oxygen atoms in total. The number of hydrogen-bond donors (Lipinski definition) is 2. The molecule has 0 radical (unpaired) electrons. The lowest BCUT2D eigenvalue weighted by atomic mass is 10.0. The van der Waals surface area contributed by atoms with E-state index in [2.05, 4.69) is 32.2 Å². The van der Waals surface area contributed by atoms with E-state index in [9.17, 15) is 0 Å². The van der Waals surface area contributed by atoms with E-state index < -0.39 is 0 Å². The number of hydrogen-bond acceptors (Lipinski definition) is 4. The number of fused-ring (bicyclic) bond motifs is 1. The van der Waals surface area contributed by atoms with Crippen LogP contribution < -0.4 is 5.32 Å². The lowest BCUT2D eigenvalue weighted by Gasteiger charge is -2.22. The normalized spacial score (nSPS) is 19.0. The van der Waals surface area contributed by atoms with Crippen molar-refractivity contribution in [1.29, 1.82) is 0 Å². The van der Waals surface area contributed by atoms with Gasteiger partial charge >= 0.3 is 0 Å². The summed E-state index contributed by atoms with van der Waals surface area (Å²) in [6.45, 7) is 3.01. The zero-order valence-corrected chi connectivity index (χ0v) is 9.77. The topological polar surface area (TPSA) is 66.5 Å². The Kier molecular flexibility index (Phi) is 2.60. The number of aromatic nitrogens is 4. The summed E-state index contributed by atoms with van der Waals surface area (Å²) < 4.78 is 0. The van der Waals surface area contributed by atoms with E-state index in [1.54, 1.807) is 6.33 Å². The highest BCUT2D eigenvalue weighted by Crippen LogP contribution is 2.24. The van der Waals surface area contributed by atoms with Gasteiger partial charge in [-0.25, -0.2) is 15.0 Å². The van der Waals surface area contributed by atoms with Crippen molar-refractivity contribution in [3.8, 4) is 0 Å². The van der Waals surface area contributed by atoms with Crippen molar-refractivity contribution in [3.63, 3.8) is 0 Å². The Morgan fingerprint density at radius 3 is 2.88 bits per heavy atom. The van der Waals surface area contributed by atoms with Crippen LogP contribution in [-0.2, 0) is 12.8 Å². The van der Waals surface area contributed by atoms with E-state index in [1.807, 2.05) is 12.4 Å². The van der Waals surface area contributed by atoms with Crippen LogP contribution in [0.25, 0.3) is 0 Å². The minimum absolute atomic E-state index is 0.121. The summed E-state index contributed by atoms with van der Waals surface area (Å²) in [6.07, 6.45) is 7.41. The van der Waals surface area contributed by atoms with Gasteiger partial charge in [0.05, 0.1) is 18.1 Å². The fraction of sp³-hybridized carbons (Fsp3) is 0.417. The van der Waals surface area contributed by atoms with E-state index in [0.29, 0.717) is 0 Å². The number of nitrogens with one attached hydrogen (secondary N) is 2. The molecule has 0 saturated heterocycles. The first-order valence-electron chi connectivity index (χ1n) is 5.95. The first-order chi connectivity index (χ1) is 8.38. The van der Waals surface area contributed by atoms with Crippen molar-refractivity contribution in [1.82, 2.24) is 25.3 Å². The number of H-pyrrole nitrogens is 1. The van der Waals surface area contributed by atoms with Gasteiger partial charge in [0, 0.05) is 43.0 Å². The second kappa shape index (κ2) is 4.25. The van der Waals surface area contributed by atoms with Crippen LogP contribution in [0.1, 0.15) is 35.7 Å². The van der Waals surface area contributed by atoms with E-state index in [4.69, 9.17) is 0 Å². The second-order valence-corrected chi connectivity index (χ2v) is 4.19. The molecule has 3 rings (SSSR count). The monoisotopic (exact) mass is 229 g/mol. The molecular weight excluding hydrogens is 214 g/mol. The van der Waals surface area contributed by atoms with Gasteiger partial charge in [0.1, 0.15) is 5.82 Å². The molecule has 0 saturated carbocycles. The highest BCUT2D eigenvalue weighted by molar-refractivity contribution is 5.29. The quantitative estimate of drug-likeness (QED) is 0.806. The number of nitrogens with zero attached hydrogens (tertiary/aromatic N) is 3. The minimum Gasteiger partial charge on any atom is -0.348 e. The molecule has 1 aliphatic heterocycles. The summed E-state index contributed by atoms with van der Waals surface area (Å²) in [7, 11) is 0. The van der Waals surface area contributed by atoms with E-state index in [1.165, 1.54) is 5.69 Å². The molecule has 0 aliphatic carbocycles. The van der Waals surface area contributed by atoms with Crippen molar-refractivity contribution in [3.05, 3.63) is 41.5 Å². The Labute approximate surface area is 99.7 Å². The molecule has 0 bridgehead atoms. The molecule has 0 unspecified atom stereocenters. The van der Waals surface area contributed by atoms with Crippen LogP contribution in [0.2, 0.25) is 0 Å².